The first-order valence-electron chi connectivity index (χ1n) is 5.07. The molecule has 0 aromatic rings. The van der Waals surface area contributed by atoms with E-state index in [0.29, 0.717) is 12.0 Å². The van der Waals surface area contributed by atoms with E-state index in [4.69, 9.17) is 4.74 Å². The molecule has 3 heteroatoms. The van der Waals surface area contributed by atoms with Gasteiger partial charge in [-0.3, -0.25) is 0 Å². The van der Waals surface area contributed by atoms with Crippen molar-refractivity contribution in [1.29, 1.82) is 0 Å². The molecule has 0 radical (unpaired) electrons. The van der Waals surface area contributed by atoms with E-state index in [9.17, 15) is 4.79 Å². The summed E-state index contributed by atoms with van der Waals surface area (Å²) >= 11 is 0. The zero-order valence-corrected chi connectivity index (χ0v) is 8.38. The highest BCUT2D eigenvalue weighted by Gasteiger charge is 2.50. The molecule has 0 aromatic heterocycles. The van der Waals surface area contributed by atoms with Crippen molar-refractivity contribution in [3.8, 4) is 0 Å². The maximum absolute atomic E-state index is 11.4. The lowest BCUT2D eigenvalue weighted by molar-refractivity contribution is 0.101. The molecule has 1 heterocycles. The summed E-state index contributed by atoms with van der Waals surface area (Å²) < 4.78 is 4.98. The second-order valence-corrected chi connectivity index (χ2v) is 4.47. The smallest absolute Gasteiger partial charge is 0.409 e. The predicted molar refractivity (Wildman–Crippen MR) is 49.4 cm³/mol. The lowest BCUT2D eigenvalue weighted by Gasteiger charge is -2.40. The highest BCUT2D eigenvalue weighted by Crippen LogP contribution is 2.51. The molecule has 2 fully saturated rings. The summed E-state index contributed by atoms with van der Waals surface area (Å²) in [7, 11) is 0. The van der Waals surface area contributed by atoms with Crippen molar-refractivity contribution in [3.05, 3.63) is 0 Å². The number of hydrogen-bond acceptors (Lipinski definition) is 2. The second-order valence-electron chi connectivity index (χ2n) is 4.47. The maximum Gasteiger partial charge on any atom is 0.409 e. The molecule has 0 aromatic carbocycles. The molecule has 13 heavy (non-hydrogen) atoms. The lowest BCUT2D eigenvalue weighted by Crippen LogP contribution is -2.36. The van der Waals surface area contributed by atoms with Gasteiger partial charge in [-0.05, 0) is 31.1 Å². The summed E-state index contributed by atoms with van der Waals surface area (Å²) in [4.78, 5) is 13.3. The molecule has 74 valence electrons. The Morgan fingerprint density at radius 3 is 2.85 bits per heavy atom. The van der Waals surface area contributed by atoms with Gasteiger partial charge in [0.15, 0.2) is 0 Å². The van der Waals surface area contributed by atoms with Gasteiger partial charge >= 0.3 is 6.09 Å². The van der Waals surface area contributed by atoms with Crippen LogP contribution in [0.1, 0.15) is 26.7 Å². The van der Waals surface area contributed by atoms with Crippen LogP contribution in [0.2, 0.25) is 0 Å². The van der Waals surface area contributed by atoms with Crippen LogP contribution in [0.25, 0.3) is 0 Å². The standard InChI is InChI=1S/C10H17NO2/c1-3-13-9(12)11-6-8-4-5-10(8,2)7-11/h8H,3-7H2,1-2H3/t8-,10+/m0/s1. The zero-order chi connectivity index (χ0) is 9.47. The van der Waals surface area contributed by atoms with Crippen LogP contribution in [-0.4, -0.2) is 30.7 Å². The summed E-state index contributed by atoms with van der Waals surface area (Å²) in [5, 5.41) is 0. The van der Waals surface area contributed by atoms with Crippen LogP contribution in [0.4, 0.5) is 4.79 Å². The quantitative estimate of drug-likeness (QED) is 0.621. The third kappa shape index (κ3) is 1.30. The molecule has 1 aliphatic carbocycles. The average Bonchev–Trinajstić information content (AvgIpc) is 2.30. The first-order chi connectivity index (χ1) is 6.15. The van der Waals surface area contributed by atoms with Crippen molar-refractivity contribution in [2.45, 2.75) is 26.7 Å². The van der Waals surface area contributed by atoms with Gasteiger partial charge in [0.25, 0.3) is 0 Å². The fourth-order valence-corrected chi connectivity index (χ4v) is 2.48. The van der Waals surface area contributed by atoms with Gasteiger partial charge in [0.2, 0.25) is 0 Å². The Morgan fingerprint density at radius 1 is 1.69 bits per heavy atom. The lowest BCUT2D eigenvalue weighted by atomic mass is 9.64. The second kappa shape index (κ2) is 2.89. The molecule has 3 nitrogen and oxygen atoms in total. The first kappa shape index (κ1) is 8.85. The van der Waals surface area contributed by atoms with Crippen LogP contribution in [-0.2, 0) is 4.74 Å². The van der Waals surface area contributed by atoms with Crippen LogP contribution in [0.5, 0.6) is 0 Å². The van der Waals surface area contributed by atoms with E-state index >= 15 is 0 Å². The van der Waals surface area contributed by atoms with Gasteiger partial charge in [-0.2, -0.15) is 0 Å². The SMILES string of the molecule is CCOC(=O)N1C[C@@H]2CC[C@]2(C)C1. The Kier molecular flexibility index (Phi) is 1.97. The Balaban J connectivity index is 1.94. The van der Waals surface area contributed by atoms with Crippen molar-refractivity contribution in [3.63, 3.8) is 0 Å². The van der Waals surface area contributed by atoms with Gasteiger partial charge in [0.1, 0.15) is 0 Å². The summed E-state index contributed by atoms with van der Waals surface area (Å²) in [5.41, 5.74) is 0.409. The van der Waals surface area contributed by atoms with Gasteiger partial charge in [0.05, 0.1) is 6.61 Å². The van der Waals surface area contributed by atoms with Crippen molar-refractivity contribution >= 4 is 6.09 Å². The summed E-state index contributed by atoms with van der Waals surface area (Å²) in [6.07, 6.45) is 2.43. The number of carbonyl (C=O) groups excluding carboxylic acids is 1. The normalized spacial score (nSPS) is 36.8. The molecule has 1 saturated carbocycles. The van der Waals surface area contributed by atoms with Crippen LogP contribution in [0, 0.1) is 11.3 Å². The molecule has 2 aliphatic rings. The van der Waals surface area contributed by atoms with Gasteiger partial charge < -0.3 is 9.64 Å². The first-order valence-corrected chi connectivity index (χ1v) is 5.07. The third-order valence-electron chi connectivity index (χ3n) is 3.57. The predicted octanol–water partition coefficient (Wildman–Crippen LogP) is 1.87. The van der Waals surface area contributed by atoms with E-state index in [1.165, 1.54) is 12.8 Å². The maximum atomic E-state index is 11.4. The third-order valence-corrected chi connectivity index (χ3v) is 3.57. The molecule has 0 spiro atoms. The summed E-state index contributed by atoms with van der Waals surface area (Å²) in [6.45, 7) is 6.42. The summed E-state index contributed by atoms with van der Waals surface area (Å²) in [5.74, 6) is 0.733. The van der Waals surface area contributed by atoms with E-state index in [-0.39, 0.29) is 6.09 Å². The average molecular weight is 183 g/mol. The molecule has 0 N–H and O–H groups in total. The Bertz CT molecular complexity index is 229. The number of nitrogens with zero attached hydrogens (tertiary/aromatic N) is 1. The number of likely N-dealkylation sites (tertiary alicyclic amines) is 1. The van der Waals surface area contributed by atoms with Gasteiger partial charge in [-0.1, -0.05) is 6.92 Å². The van der Waals surface area contributed by atoms with Crippen LogP contribution in [0.15, 0.2) is 0 Å². The molecular weight excluding hydrogens is 166 g/mol. The number of amides is 1. The minimum absolute atomic E-state index is 0.127. The molecule has 2 rings (SSSR count). The van der Waals surface area contributed by atoms with E-state index in [0.717, 1.165) is 19.0 Å². The monoisotopic (exact) mass is 183 g/mol. The highest BCUT2D eigenvalue weighted by molar-refractivity contribution is 5.68. The minimum Gasteiger partial charge on any atom is -0.450 e. The Labute approximate surface area is 79.0 Å². The Hall–Kier alpha value is -0.730. The van der Waals surface area contributed by atoms with Crippen molar-refractivity contribution in [2.75, 3.05) is 19.7 Å². The molecule has 0 unspecified atom stereocenters. The van der Waals surface area contributed by atoms with Gasteiger partial charge in [-0.25, -0.2) is 4.79 Å². The largest absolute Gasteiger partial charge is 0.450 e. The Morgan fingerprint density at radius 2 is 2.46 bits per heavy atom. The van der Waals surface area contributed by atoms with E-state index in [2.05, 4.69) is 6.92 Å². The molecular formula is C10H17NO2. The van der Waals surface area contributed by atoms with E-state index < -0.39 is 0 Å². The zero-order valence-electron chi connectivity index (χ0n) is 8.38. The topological polar surface area (TPSA) is 29.5 Å². The number of hydrogen-bond donors (Lipinski definition) is 0. The minimum atomic E-state index is -0.127. The fraction of sp³-hybridized carbons (Fsp3) is 0.900. The van der Waals surface area contributed by atoms with Crippen molar-refractivity contribution in [1.82, 2.24) is 4.90 Å². The van der Waals surface area contributed by atoms with Crippen molar-refractivity contribution < 1.29 is 9.53 Å². The summed E-state index contributed by atoms with van der Waals surface area (Å²) in [6, 6.07) is 0. The van der Waals surface area contributed by atoms with Crippen LogP contribution < -0.4 is 0 Å². The molecule has 1 aliphatic heterocycles. The van der Waals surface area contributed by atoms with Crippen LogP contribution in [0.3, 0.4) is 0 Å². The number of rotatable bonds is 1. The number of carbonyl (C=O) groups is 1. The van der Waals surface area contributed by atoms with Crippen LogP contribution >= 0.6 is 0 Å². The van der Waals surface area contributed by atoms with E-state index in [1.807, 2.05) is 11.8 Å². The molecule has 2 atom stereocenters. The molecule has 1 saturated heterocycles. The number of ether oxygens (including phenoxy) is 1. The van der Waals surface area contributed by atoms with Gasteiger partial charge in [0, 0.05) is 13.1 Å². The fourth-order valence-electron chi connectivity index (χ4n) is 2.48. The van der Waals surface area contributed by atoms with Crippen molar-refractivity contribution in [2.24, 2.45) is 11.3 Å². The highest BCUT2D eigenvalue weighted by atomic mass is 16.6. The van der Waals surface area contributed by atoms with Gasteiger partial charge in [-0.15, -0.1) is 0 Å². The van der Waals surface area contributed by atoms with E-state index in [1.54, 1.807) is 0 Å². The molecule has 1 amide bonds. The number of fused-ring (bicyclic) bond motifs is 1. The molecule has 0 bridgehead atoms.